The van der Waals surface area contributed by atoms with Crippen LogP contribution in [0.15, 0.2) is 50.6 Å². The van der Waals surface area contributed by atoms with Gasteiger partial charge in [0.2, 0.25) is 0 Å². The van der Waals surface area contributed by atoms with E-state index >= 15 is 0 Å². The SMILES string of the molecule is CN(Cc1ccco1)C(=O)Nc1cc(-n2c(=O)cc(C(F)(F)F)n(C)c2=O)c(F)cc1Cl. The van der Waals surface area contributed by atoms with Crippen molar-refractivity contribution in [2.75, 3.05) is 12.4 Å². The number of urea groups is 1. The maximum atomic E-state index is 14.5. The number of halogens is 5. The van der Waals surface area contributed by atoms with Crippen LogP contribution in [0.25, 0.3) is 5.69 Å². The van der Waals surface area contributed by atoms with Crippen molar-refractivity contribution in [3.05, 3.63) is 79.7 Å². The number of carbonyl (C=O) groups excluding carboxylic acids is 1. The average molecular weight is 475 g/mol. The second-order valence-corrected chi connectivity index (χ2v) is 7.10. The number of nitrogens with zero attached hydrogens (tertiary/aromatic N) is 3. The minimum absolute atomic E-state index is 0.0867. The van der Waals surface area contributed by atoms with Crippen LogP contribution in [0.5, 0.6) is 0 Å². The van der Waals surface area contributed by atoms with Crippen molar-refractivity contribution >= 4 is 23.3 Å². The Morgan fingerprint density at radius 2 is 1.94 bits per heavy atom. The molecule has 2 aromatic heterocycles. The van der Waals surface area contributed by atoms with Crippen molar-refractivity contribution in [1.29, 1.82) is 0 Å². The Kier molecular flexibility index (Phi) is 6.17. The zero-order valence-electron chi connectivity index (χ0n) is 16.5. The fraction of sp³-hybridized carbons (Fsp3) is 0.211. The van der Waals surface area contributed by atoms with E-state index in [1.807, 2.05) is 0 Å². The van der Waals surface area contributed by atoms with E-state index in [0.717, 1.165) is 19.2 Å². The molecule has 2 amide bonds. The van der Waals surface area contributed by atoms with Crippen molar-refractivity contribution in [2.45, 2.75) is 12.7 Å². The molecule has 170 valence electrons. The zero-order chi connectivity index (χ0) is 23.8. The van der Waals surface area contributed by atoms with Crippen LogP contribution < -0.4 is 16.6 Å². The lowest BCUT2D eigenvalue weighted by Gasteiger charge is -2.18. The summed E-state index contributed by atoms with van der Waals surface area (Å²) >= 11 is 5.97. The van der Waals surface area contributed by atoms with Gasteiger partial charge in [0, 0.05) is 20.2 Å². The third-order valence-corrected chi connectivity index (χ3v) is 4.76. The van der Waals surface area contributed by atoms with E-state index in [9.17, 15) is 31.9 Å². The summed E-state index contributed by atoms with van der Waals surface area (Å²) in [6.45, 7) is 0.0867. The number of rotatable bonds is 4. The van der Waals surface area contributed by atoms with Gasteiger partial charge in [-0.15, -0.1) is 0 Å². The Balaban J connectivity index is 2.01. The Labute approximate surface area is 182 Å². The maximum absolute atomic E-state index is 14.5. The van der Waals surface area contributed by atoms with E-state index in [2.05, 4.69) is 5.32 Å². The molecule has 1 N–H and O–H groups in total. The summed E-state index contributed by atoms with van der Waals surface area (Å²) in [4.78, 5) is 38.3. The molecule has 13 heteroatoms. The van der Waals surface area contributed by atoms with Crippen LogP contribution >= 0.6 is 11.6 Å². The second kappa shape index (κ2) is 8.54. The summed E-state index contributed by atoms with van der Waals surface area (Å²) in [5.41, 5.74) is -5.19. The lowest BCUT2D eigenvalue weighted by atomic mass is 10.2. The largest absolute Gasteiger partial charge is 0.467 e. The fourth-order valence-corrected chi connectivity index (χ4v) is 3.04. The molecule has 0 aliphatic heterocycles. The normalized spacial score (nSPS) is 11.5. The standard InChI is InChI=1S/C19H15ClF4N4O4/c1-26(9-10-4-3-5-32-10)17(30)25-13-7-14(12(21)6-11(13)20)28-16(29)8-15(19(22,23)24)27(2)18(28)31/h3-8H,9H2,1-2H3,(H,25,30). The quantitative estimate of drug-likeness (QED) is 0.585. The lowest BCUT2D eigenvalue weighted by Crippen LogP contribution is -2.41. The first-order chi connectivity index (χ1) is 14.9. The van der Waals surface area contributed by atoms with Gasteiger partial charge in [-0.1, -0.05) is 11.6 Å². The van der Waals surface area contributed by atoms with E-state index in [1.54, 1.807) is 12.1 Å². The highest BCUT2D eigenvalue weighted by atomic mass is 35.5. The molecule has 8 nitrogen and oxygen atoms in total. The van der Waals surface area contributed by atoms with Crippen molar-refractivity contribution in [2.24, 2.45) is 7.05 Å². The second-order valence-electron chi connectivity index (χ2n) is 6.69. The highest BCUT2D eigenvalue weighted by Gasteiger charge is 2.35. The van der Waals surface area contributed by atoms with Gasteiger partial charge in [0.25, 0.3) is 5.56 Å². The summed E-state index contributed by atoms with van der Waals surface area (Å²) < 4.78 is 59.2. The molecule has 0 unspecified atom stereocenters. The summed E-state index contributed by atoms with van der Waals surface area (Å²) in [6.07, 6.45) is -3.55. The van der Waals surface area contributed by atoms with Gasteiger partial charge in [-0.2, -0.15) is 13.2 Å². The molecule has 3 rings (SSSR count). The minimum Gasteiger partial charge on any atom is -0.467 e. The maximum Gasteiger partial charge on any atom is 0.431 e. The van der Waals surface area contributed by atoms with E-state index in [1.165, 1.54) is 18.2 Å². The fourth-order valence-electron chi connectivity index (χ4n) is 2.84. The Morgan fingerprint density at radius 1 is 1.25 bits per heavy atom. The van der Waals surface area contributed by atoms with E-state index in [0.29, 0.717) is 5.76 Å². The highest BCUT2D eigenvalue weighted by Crippen LogP contribution is 2.29. The third-order valence-electron chi connectivity index (χ3n) is 4.45. The number of amides is 2. The highest BCUT2D eigenvalue weighted by molar-refractivity contribution is 6.33. The molecule has 0 atom stereocenters. The molecule has 2 heterocycles. The summed E-state index contributed by atoms with van der Waals surface area (Å²) in [5, 5.41) is 2.13. The van der Waals surface area contributed by atoms with Crippen LogP contribution in [-0.2, 0) is 19.8 Å². The number of hydrogen-bond acceptors (Lipinski definition) is 4. The van der Waals surface area contributed by atoms with Crippen LogP contribution in [-0.4, -0.2) is 27.1 Å². The zero-order valence-corrected chi connectivity index (χ0v) is 17.3. The Hall–Kier alpha value is -3.54. The Bertz CT molecular complexity index is 1280. The monoisotopic (exact) mass is 474 g/mol. The predicted molar refractivity (Wildman–Crippen MR) is 106 cm³/mol. The molecule has 0 bridgehead atoms. The molecule has 0 spiro atoms. The van der Waals surface area contributed by atoms with Gasteiger partial charge in [0.1, 0.15) is 17.3 Å². The topological polar surface area (TPSA) is 89.5 Å². The van der Waals surface area contributed by atoms with Gasteiger partial charge in [0.05, 0.1) is 29.2 Å². The number of aromatic nitrogens is 2. The molecular weight excluding hydrogens is 460 g/mol. The molecule has 0 radical (unpaired) electrons. The van der Waals surface area contributed by atoms with Gasteiger partial charge in [0.15, 0.2) is 0 Å². The molecule has 0 fully saturated rings. The number of furan rings is 1. The lowest BCUT2D eigenvalue weighted by molar-refractivity contribution is -0.144. The molecule has 0 saturated heterocycles. The summed E-state index contributed by atoms with van der Waals surface area (Å²) in [5.74, 6) is -0.677. The van der Waals surface area contributed by atoms with Gasteiger partial charge in [-0.3, -0.25) is 9.36 Å². The smallest absolute Gasteiger partial charge is 0.431 e. The molecular formula is C19H15ClF4N4O4. The van der Waals surface area contributed by atoms with Crippen LogP contribution in [0.1, 0.15) is 11.5 Å². The van der Waals surface area contributed by atoms with Gasteiger partial charge >= 0.3 is 17.9 Å². The predicted octanol–water partition coefficient (Wildman–Crippen LogP) is 3.60. The molecule has 0 saturated carbocycles. The number of alkyl halides is 3. The van der Waals surface area contributed by atoms with Crippen molar-refractivity contribution in [3.8, 4) is 5.69 Å². The minimum atomic E-state index is -4.97. The molecule has 0 aliphatic carbocycles. The van der Waals surface area contributed by atoms with E-state index in [-0.39, 0.29) is 32.5 Å². The number of anilines is 1. The molecule has 0 aliphatic rings. The molecule has 32 heavy (non-hydrogen) atoms. The number of nitrogens with one attached hydrogen (secondary N) is 1. The van der Waals surface area contributed by atoms with Crippen LogP contribution in [0.4, 0.5) is 28.0 Å². The van der Waals surface area contributed by atoms with Gasteiger partial charge < -0.3 is 14.6 Å². The Morgan fingerprint density at radius 3 is 2.53 bits per heavy atom. The van der Waals surface area contributed by atoms with Gasteiger partial charge in [-0.25, -0.2) is 18.5 Å². The average Bonchev–Trinajstić information content (AvgIpc) is 3.20. The van der Waals surface area contributed by atoms with E-state index in [4.69, 9.17) is 16.0 Å². The third kappa shape index (κ3) is 4.54. The van der Waals surface area contributed by atoms with Crippen molar-refractivity contribution in [1.82, 2.24) is 14.0 Å². The first-order valence-corrected chi connectivity index (χ1v) is 9.22. The molecule has 1 aromatic carbocycles. The number of carbonyl (C=O) groups is 1. The first kappa shape index (κ1) is 23.1. The number of benzene rings is 1. The van der Waals surface area contributed by atoms with Crippen LogP contribution in [0, 0.1) is 5.82 Å². The first-order valence-electron chi connectivity index (χ1n) is 8.84. The van der Waals surface area contributed by atoms with E-state index < -0.39 is 40.7 Å². The molecule has 3 aromatic rings. The van der Waals surface area contributed by atoms with Crippen LogP contribution in [0.2, 0.25) is 5.02 Å². The van der Waals surface area contributed by atoms with Crippen LogP contribution in [0.3, 0.4) is 0 Å². The number of hydrogen-bond donors (Lipinski definition) is 1. The summed E-state index contributed by atoms with van der Waals surface area (Å²) in [6, 6.07) is 4.36. The summed E-state index contributed by atoms with van der Waals surface area (Å²) in [7, 11) is 2.23. The van der Waals surface area contributed by atoms with Gasteiger partial charge in [-0.05, 0) is 24.3 Å². The van der Waals surface area contributed by atoms with Crippen molar-refractivity contribution < 1.29 is 26.8 Å². The van der Waals surface area contributed by atoms with Crippen molar-refractivity contribution in [3.63, 3.8) is 0 Å².